The van der Waals surface area contributed by atoms with Crippen LogP contribution in [0.2, 0.25) is 0 Å². The molecule has 7 nitrogen and oxygen atoms in total. The van der Waals surface area contributed by atoms with Gasteiger partial charge in [0.15, 0.2) is 0 Å². The van der Waals surface area contributed by atoms with Gasteiger partial charge in [-0.3, -0.25) is 4.68 Å². The number of halogens is 1. The fraction of sp³-hybridized carbons (Fsp3) is 0.261. The molecule has 2 aromatic carbocycles. The fourth-order valence-corrected chi connectivity index (χ4v) is 4.04. The average Bonchev–Trinajstić information content (AvgIpc) is 3.28. The summed E-state index contributed by atoms with van der Waals surface area (Å²) < 4.78 is 21.8. The first-order chi connectivity index (χ1) is 15.2. The third kappa shape index (κ3) is 3.94. The minimum atomic E-state index is -0.346. The number of fused-ring (bicyclic) bond motifs is 1. The first kappa shape index (κ1) is 19.4. The number of aromatic nitrogens is 4. The molecule has 0 saturated carbocycles. The third-order valence-electron chi connectivity index (χ3n) is 5.59. The van der Waals surface area contributed by atoms with E-state index in [1.807, 2.05) is 35.1 Å². The van der Waals surface area contributed by atoms with Crippen LogP contribution in [0.5, 0.6) is 5.75 Å². The Morgan fingerprint density at radius 3 is 2.81 bits per heavy atom. The number of methoxy groups -OCH3 is 1. The molecule has 1 saturated heterocycles. The van der Waals surface area contributed by atoms with Gasteiger partial charge in [0.25, 0.3) is 0 Å². The van der Waals surface area contributed by atoms with E-state index in [4.69, 9.17) is 9.72 Å². The summed E-state index contributed by atoms with van der Waals surface area (Å²) in [6, 6.07) is 10.8. The number of piperidine rings is 1. The Hall–Kier alpha value is -3.52. The Morgan fingerprint density at radius 2 is 1.97 bits per heavy atom. The van der Waals surface area contributed by atoms with Crippen molar-refractivity contribution in [1.82, 2.24) is 25.1 Å². The summed E-state index contributed by atoms with van der Waals surface area (Å²) in [5.74, 6) is 0.742. The van der Waals surface area contributed by atoms with Crippen molar-refractivity contribution in [3.8, 4) is 16.9 Å². The van der Waals surface area contributed by atoms with Gasteiger partial charge in [-0.15, -0.1) is 0 Å². The maximum Gasteiger partial charge on any atom is 0.227 e. The summed E-state index contributed by atoms with van der Waals surface area (Å²) in [5.41, 5.74) is 2.90. The quantitative estimate of drug-likeness (QED) is 0.503. The van der Waals surface area contributed by atoms with Gasteiger partial charge < -0.3 is 15.4 Å². The normalized spacial score (nSPS) is 14.6. The largest absolute Gasteiger partial charge is 0.496 e. The molecule has 1 fully saturated rings. The average molecular weight is 418 g/mol. The second-order valence-corrected chi connectivity index (χ2v) is 7.60. The predicted molar refractivity (Wildman–Crippen MR) is 118 cm³/mol. The molecular weight excluding hydrogens is 395 g/mol. The molecule has 8 heteroatoms. The van der Waals surface area contributed by atoms with E-state index in [-0.39, 0.29) is 5.82 Å². The number of hydrogen-bond acceptors (Lipinski definition) is 6. The van der Waals surface area contributed by atoms with Gasteiger partial charge in [0.05, 0.1) is 30.6 Å². The Kier molecular flexibility index (Phi) is 5.21. The van der Waals surface area contributed by atoms with Crippen molar-refractivity contribution in [2.75, 3.05) is 25.5 Å². The lowest BCUT2D eigenvalue weighted by molar-refractivity contribution is 0.343. The standard InChI is InChI=1S/C23H23FN6O/c1-31-21-5-3-2-4-19(21)20-11-16(24)10-15-12-26-23(29-22(15)20)28-17-13-27-30(14-17)18-6-8-25-9-7-18/h2-5,10-14,18,25H,6-9H2,1H3,(H,26,28,29). The lowest BCUT2D eigenvalue weighted by Crippen LogP contribution is -2.29. The highest BCUT2D eigenvalue weighted by Crippen LogP contribution is 2.35. The van der Waals surface area contributed by atoms with Gasteiger partial charge in [-0.2, -0.15) is 5.10 Å². The van der Waals surface area contributed by atoms with Gasteiger partial charge in [-0.05, 0) is 44.1 Å². The van der Waals surface area contributed by atoms with Crippen LogP contribution in [0.4, 0.5) is 16.0 Å². The molecule has 4 aromatic rings. The van der Waals surface area contributed by atoms with Crippen molar-refractivity contribution in [2.45, 2.75) is 18.9 Å². The van der Waals surface area contributed by atoms with E-state index in [0.717, 1.165) is 37.2 Å². The Bertz CT molecular complexity index is 1220. The Balaban J connectivity index is 1.50. The number of rotatable bonds is 5. The number of para-hydroxylation sites is 1. The number of nitrogens with one attached hydrogen (secondary N) is 2. The SMILES string of the molecule is COc1ccccc1-c1cc(F)cc2cnc(Nc3cnn(C4CCNCC4)c3)nc12. The van der Waals surface area contributed by atoms with Crippen LogP contribution in [-0.2, 0) is 0 Å². The maximum absolute atomic E-state index is 14.3. The summed E-state index contributed by atoms with van der Waals surface area (Å²) in [4.78, 5) is 9.07. The summed E-state index contributed by atoms with van der Waals surface area (Å²) >= 11 is 0. The van der Waals surface area contributed by atoms with Crippen LogP contribution >= 0.6 is 0 Å². The zero-order valence-electron chi connectivity index (χ0n) is 17.2. The van der Waals surface area contributed by atoms with Gasteiger partial charge in [0.2, 0.25) is 5.95 Å². The molecule has 0 radical (unpaired) electrons. The summed E-state index contributed by atoms with van der Waals surface area (Å²) in [6.45, 7) is 2.01. The van der Waals surface area contributed by atoms with Crippen LogP contribution in [-0.4, -0.2) is 39.9 Å². The molecule has 3 heterocycles. The van der Waals surface area contributed by atoms with Crippen LogP contribution in [0.3, 0.4) is 0 Å². The topological polar surface area (TPSA) is 76.9 Å². The molecule has 5 rings (SSSR count). The van der Waals surface area contributed by atoms with Crippen molar-refractivity contribution in [2.24, 2.45) is 0 Å². The first-order valence-electron chi connectivity index (χ1n) is 10.3. The monoisotopic (exact) mass is 418 g/mol. The first-order valence-corrected chi connectivity index (χ1v) is 10.3. The zero-order chi connectivity index (χ0) is 21.2. The molecule has 2 aromatic heterocycles. The van der Waals surface area contributed by atoms with Crippen LogP contribution < -0.4 is 15.4 Å². The highest BCUT2D eigenvalue weighted by Gasteiger charge is 2.17. The van der Waals surface area contributed by atoms with Crippen molar-refractivity contribution in [3.05, 3.63) is 60.8 Å². The van der Waals surface area contributed by atoms with Crippen LogP contribution in [0, 0.1) is 5.82 Å². The zero-order valence-corrected chi connectivity index (χ0v) is 17.2. The Labute approximate surface area is 179 Å². The predicted octanol–water partition coefficient (Wildman–Crippen LogP) is 4.31. The number of nitrogens with zero attached hydrogens (tertiary/aromatic N) is 4. The van der Waals surface area contributed by atoms with Gasteiger partial charge in [-0.1, -0.05) is 18.2 Å². The van der Waals surface area contributed by atoms with Gasteiger partial charge in [-0.25, -0.2) is 14.4 Å². The molecule has 0 unspecified atom stereocenters. The highest BCUT2D eigenvalue weighted by molar-refractivity contribution is 5.95. The molecule has 0 bridgehead atoms. The van der Waals surface area contributed by atoms with Crippen molar-refractivity contribution < 1.29 is 9.13 Å². The summed E-state index contributed by atoms with van der Waals surface area (Å²) in [6.07, 6.45) is 7.50. The third-order valence-corrected chi connectivity index (χ3v) is 5.59. The van der Waals surface area contributed by atoms with Crippen molar-refractivity contribution >= 4 is 22.5 Å². The van der Waals surface area contributed by atoms with Crippen LogP contribution in [0.15, 0.2) is 55.0 Å². The van der Waals surface area contributed by atoms with Crippen LogP contribution in [0.25, 0.3) is 22.0 Å². The number of anilines is 2. The smallest absolute Gasteiger partial charge is 0.227 e. The van der Waals surface area contributed by atoms with Gasteiger partial charge >= 0.3 is 0 Å². The molecule has 1 aliphatic heterocycles. The van der Waals surface area contributed by atoms with E-state index in [9.17, 15) is 4.39 Å². The summed E-state index contributed by atoms with van der Waals surface area (Å²) in [5, 5.41) is 11.7. The van der Waals surface area contributed by atoms with E-state index in [1.165, 1.54) is 12.1 Å². The highest BCUT2D eigenvalue weighted by atomic mass is 19.1. The molecule has 0 aliphatic carbocycles. The molecule has 158 valence electrons. The van der Waals surface area contributed by atoms with E-state index < -0.39 is 0 Å². The second-order valence-electron chi connectivity index (χ2n) is 7.60. The van der Waals surface area contributed by atoms with E-state index in [0.29, 0.717) is 34.2 Å². The van der Waals surface area contributed by atoms with Crippen LogP contribution in [0.1, 0.15) is 18.9 Å². The maximum atomic E-state index is 14.3. The minimum absolute atomic E-state index is 0.346. The number of ether oxygens (including phenoxy) is 1. The van der Waals surface area contributed by atoms with Gasteiger partial charge in [0.1, 0.15) is 11.6 Å². The van der Waals surface area contributed by atoms with Crippen molar-refractivity contribution in [1.29, 1.82) is 0 Å². The van der Waals surface area contributed by atoms with E-state index >= 15 is 0 Å². The number of hydrogen-bond donors (Lipinski definition) is 2. The lowest BCUT2D eigenvalue weighted by atomic mass is 10.0. The number of benzene rings is 2. The molecular formula is C23H23FN6O. The molecule has 0 atom stereocenters. The molecule has 31 heavy (non-hydrogen) atoms. The Morgan fingerprint density at radius 1 is 1.13 bits per heavy atom. The van der Waals surface area contributed by atoms with Crippen molar-refractivity contribution in [3.63, 3.8) is 0 Å². The molecule has 0 spiro atoms. The second kappa shape index (κ2) is 8.31. The lowest BCUT2D eigenvalue weighted by Gasteiger charge is -2.22. The fourth-order valence-electron chi connectivity index (χ4n) is 4.04. The van der Waals surface area contributed by atoms with E-state index in [1.54, 1.807) is 19.5 Å². The molecule has 0 amide bonds. The van der Waals surface area contributed by atoms with Gasteiger partial charge in [0, 0.05) is 28.9 Å². The minimum Gasteiger partial charge on any atom is -0.496 e. The molecule has 1 aliphatic rings. The van der Waals surface area contributed by atoms with E-state index in [2.05, 4.69) is 20.7 Å². The molecule has 2 N–H and O–H groups in total. The summed E-state index contributed by atoms with van der Waals surface area (Å²) in [7, 11) is 1.60.